The van der Waals surface area contributed by atoms with Crippen LogP contribution in [0, 0.1) is 17.2 Å². The van der Waals surface area contributed by atoms with Crippen LogP contribution in [0.15, 0.2) is 30.3 Å². The molecule has 1 aliphatic rings. The second kappa shape index (κ2) is 5.01. The van der Waals surface area contributed by atoms with E-state index >= 15 is 0 Å². The van der Waals surface area contributed by atoms with Gasteiger partial charge in [0.1, 0.15) is 0 Å². The first kappa shape index (κ1) is 11.7. The van der Waals surface area contributed by atoms with E-state index < -0.39 is 0 Å². The van der Waals surface area contributed by atoms with Crippen LogP contribution in [0.25, 0.3) is 0 Å². The number of rotatable bonds is 3. The van der Waals surface area contributed by atoms with Crippen molar-refractivity contribution in [3.63, 3.8) is 0 Å². The lowest BCUT2D eigenvalue weighted by atomic mass is 10.1. The summed E-state index contributed by atoms with van der Waals surface area (Å²) >= 11 is 0. The maximum Gasteiger partial charge on any atom is 0.223 e. The minimum absolute atomic E-state index is 0.104. The first-order valence-corrected chi connectivity index (χ1v) is 5.93. The second-order valence-corrected chi connectivity index (χ2v) is 4.57. The number of carbonyl (C=O) groups excluding carboxylic acids is 1. The topological polar surface area (TPSA) is 44.1 Å². The van der Waals surface area contributed by atoms with E-state index in [9.17, 15) is 4.79 Å². The minimum Gasteiger partial charge on any atom is -0.336 e. The predicted octanol–water partition coefficient (Wildman–Crippen LogP) is 2.51. The van der Waals surface area contributed by atoms with Gasteiger partial charge in [-0.2, -0.15) is 5.26 Å². The Morgan fingerprint density at radius 3 is 2.82 bits per heavy atom. The Bertz CT molecular complexity index is 435. The Labute approximate surface area is 102 Å². The lowest BCUT2D eigenvalue weighted by molar-refractivity contribution is -0.129. The zero-order valence-corrected chi connectivity index (χ0v) is 9.97. The summed E-state index contributed by atoms with van der Waals surface area (Å²) in [4.78, 5) is 13.8. The molecule has 3 nitrogen and oxygen atoms in total. The molecule has 3 heteroatoms. The normalized spacial score (nSPS) is 21.3. The third kappa shape index (κ3) is 2.47. The summed E-state index contributed by atoms with van der Waals surface area (Å²) in [6.07, 6.45) is 0.995. The van der Waals surface area contributed by atoms with Crippen LogP contribution in [0.2, 0.25) is 0 Å². The molecule has 88 valence electrons. The number of nitriles is 1. The third-order valence-corrected chi connectivity index (χ3v) is 3.37. The van der Waals surface area contributed by atoms with Gasteiger partial charge in [-0.25, -0.2) is 0 Å². The predicted molar refractivity (Wildman–Crippen MR) is 64.9 cm³/mol. The molecular weight excluding hydrogens is 212 g/mol. The van der Waals surface area contributed by atoms with Gasteiger partial charge in [0.2, 0.25) is 5.91 Å². The van der Waals surface area contributed by atoms with Crippen LogP contribution in [0.4, 0.5) is 0 Å². The number of amides is 1. The van der Waals surface area contributed by atoms with Crippen LogP contribution in [0.1, 0.15) is 31.4 Å². The van der Waals surface area contributed by atoms with Gasteiger partial charge in [-0.05, 0) is 18.4 Å². The van der Waals surface area contributed by atoms with Crippen LogP contribution in [0.3, 0.4) is 0 Å². The molecule has 0 bridgehead atoms. The summed E-state index contributed by atoms with van der Waals surface area (Å²) in [5.41, 5.74) is 1.15. The maximum atomic E-state index is 11.9. The summed E-state index contributed by atoms with van der Waals surface area (Å²) in [5.74, 6) is 0.375. The van der Waals surface area contributed by atoms with Crippen LogP contribution in [-0.2, 0) is 4.79 Å². The Morgan fingerprint density at radius 1 is 1.47 bits per heavy atom. The van der Waals surface area contributed by atoms with Gasteiger partial charge in [0.05, 0.1) is 12.1 Å². The fraction of sp³-hybridized carbons (Fsp3) is 0.429. The summed E-state index contributed by atoms with van der Waals surface area (Å²) in [6, 6.07) is 12.3. The standard InChI is InChI=1S/C14H16N2O/c1-11(13-5-3-2-4-6-13)16-10-12(7-8-15)9-14(16)17/h2-6,11-12H,7,9-10H2,1H3/t11-,12-/m0/s1. The Kier molecular flexibility index (Phi) is 3.43. The maximum absolute atomic E-state index is 11.9. The highest BCUT2D eigenvalue weighted by Gasteiger charge is 2.32. The first-order valence-electron chi connectivity index (χ1n) is 5.93. The van der Waals surface area contributed by atoms with E-state index in [2.05, 4.69) is 6.07 Å². The summed E-state index contributed by atoms with van der Waals surface area (Å²) in [6.45, 7) is 2.75. The molecule has 1 aromatic rings. The van der Waals surface area contributed by atoms with Crippen LogP contribution >= 0.6 is 0 Å². The second-order valence-electron chi connectivity index (χ2n) is 4.57. The van der Waals surface area contributed by atoms with Crippen molar-refractivity contribution in [3.8, 4) is 6.07 Å². The van der Waals surface area contributed by atoms with Crippen molar-refractivity contribution >= 4 is 5.91 Å². The minimum atomic E-state index is 0.104. The highest BCUT2D eigenvalue weighted by atomic mass is 16.2. The average molecular weight is 228 g/mol. The molecule has 1 amide bonds. The lowest BCUT2D eigenvalue weighted by Crippen LogP contribution is -2.28. The Balaban J connectivity index is 2.09. The number of benzene rings is 1. The van der Waals surface area contributed by atoms with Gasteiger partial charge in [0.15, 0.2) is 0 Å². The molecule has 0 spiro atoms. The Morgan fingerprint density at radius 2 is 2.18 bits per heavy atom. The Hall–Kier alpha value is -1.82. The molecule has 0 radical (unpaired) electrons. The van der Waals surface area contributed by atoms with Crippen molar-refractivity contribution in [2.45, 2.75) is 25.8 Å². The molecule has 1 saturated heterocycles. The molecule has 1 aromatic carbocycles. The van der Waals surface area contributed by atoms with E-state index in [1.807, 2.05) is 42.2 Å². The molecule has 1 aliphatic heterocycles. The van der Waals surface area contributed by atoms with Crippen molar-refractivity contribution < 1.29 is 4.79 Å². The molecule has 0 aliphatic carbocycles. The van der Waals surface area contributed by atoms with Gasteiger partial charge >= 0.3 is 0 Å². The van der Waals surface area contributed by atoms with Crippen LogP contribution < -0.4 is 0 Å². The molecule has 0 unspecified atom stereocenters. The van der Waals surface area contributed by atoms with Gasteiger partial charge < -0.3 is 4.90 Å². The van der Waals surface area contributed by atoms with Crippen molar-refractivity contribution in [1.82, 2.24) is 4.90 Å². The molecule has 2 atom stereocenters. The first-order chi connectivity index (χ1) is 8.22. The monoisotopic (exact) mass is 228 g/mol. The number of hydrogen-bond acceptors (Lipinski definition) is 2. The van der Waals surface area contributed by atoms with Crippen molar-refractivity contribution in [3.05, 3.63) is 35.9 Å². The van der Waals surface area contributed by atoms with Crippen molar-refractivity contribution in [2.24, 2.45) is 5.92 Å². The molecule has 0 saturated carbocycles. The van der Waals surface area contributed by atoms with E-state index in [-0.39, 0.29) is 17.9 Å². The highest BCUT2D eigenvalue weighted by Crippen LogP contribution is 2.29. The smallest absolute Gasteiger partial charge is 0.223 e. The van der Waals surface area contributed by atoms with Gasteiger partial charge in [-0.3, -0.25) is 4.79 Å². The number of hydrogen-bond donors (Lipinski definition) is 0. The molecule has 17 heavy (non-hydrogen) atoms. The van der Waals surface area contributed by atoms with E-state index in [0.717, 1.165) is 5.56 Å². The van der Waals surface area contributed by atoms with E-state index in [4.69, 9.17) is 5.26 Å². The van der Waals surface area contributed by atoms with Gasteiger partial charge in [0, 0.05) is 19.4 Å². The number of nitrogens with zero attached hydrogens (tertiary/aromatic N) is 2. The molecular formula is C14H16N2O. The SMILES string of the molecule is C[C@@H](c1ccccc1)N1C[C@@H](CC#N)CC1=O. The quantitative estimate of drug-likeness (QED) is 0.797. The third-order valence-electron chi connectivity index (χ3n) is 3.37. The zero-order chi connectivity index (χ0) is 12.3. The van der Waals surface area contributed by atoms with Gasteiger partial charge in [-0.1, -0.05) is 30.3 Å². The van der Waals surface area contributed by atoms with E-state index in [0.29, 0.717) is 19.4 Å². The molecule has 1 fully saturated rings. The lowest BCUT2D eigenvalue weighted by Gasteiger charge is -2.25. The summed E-state index contributed by atoms with van der Waals surface area (Å²) < 4.78 is 0. The van der Waals surface area contributed by atoms with Crippen LogP contribution in [0.5, 0.6) is 0 Å². The zero-order valence-electron chi connectivity index (χ0n) is 9.97. The van der Waals surface area contributed by atoms with Gasteiger partial charge in [-0.15, -0.1) is 0 Å². The van der Waals surface area contributed by atoms with Crippen molar-refractivity contribution in [1.29, 1.82) is 5.26 Å². The number of carbonyl (C=O) groups is 1. The molecule has 2 rings (SSSR count). The van der Waals surface area contributed by atoms with Gasteiger partial charge in [0.25, 0.3) is 0 Å². The molecule has 0 aromatic heterocycles. The summed E-state index contributed by atoms with van der Waals surface area (Å²) in [5, 5.41) is 8.68. The fourth-order valence-electron chi connectivity index (χ4n) is 2.36. The summed E-state index contributed by atoms with van der Waals surface area (Å²) in [7, 11) is 0. The fourth-order valence-corrected chi connectivity index (χ4v) is 2.36. The van der Waals surface area contributed by atoms with E-state index in [1.165, 1.54) is 0 Å². The number of likely N-dealkylation sites (tertiary alicyclic amines) is 1. The highest BCUT2D eigenvalue weighted by molar-refractivity contribution is 5.79. The van der Waals surface area contributed by atoms with Crippen LogP contribution in [-0.4, -0.2) is 17.4 Å². The van der Waals surface area contributed by atoms with E-state index in [1.54, 1.807) is 0 Å². The van der Waals surface area contributed by atoms with Crippen molar-refractivity contribution in [2.75, 3.05) is 6.54 Å². The average Bonchev–Trinajstić information content (AvgIpc) is 2.71. The molecule has 0 N–H and O–H groups in total. The molecule has 1 heterocycles. The largest absolute Gasteiger partial charge is 0.336 e.